The fourth-order valence-corrected chi connectivity index (χ4v) is 3.29. The molecule has 6 nitrogen and oxygen atoms in total. The third-order valence-electron chi connectivity index (χ3n) is 5.05. The van der Waals surface area contributed by atoms with E-state index < -0.39 is 11.9 Å². The van der Waals surface area contributed by atoms with Gasteiger partial charge in [0.15, 0.2) is 5.78 Å². The summed E-state index contributed by atoms with van der Waals surface area (Å²) in [4.78, 5) is 36.8. The predicted molar refractivity (Wildman–Crippen MR) is 126 cm³/mol. The third-order valence-corrected chi connectivity index (χ3v) is 5.05. The van der Waals surface area contributed by atoms with Gasteiger partial charge in [0.25, 0.3) is 5.91 Å². The second-order valence-electron chi connectivity index (χ2n) is 7.29. The largest absolute Gasteiger partial charge is 0.478 e. The summed E-state index contributed by atoms with van der Waals surface area (Å²) < 4.78 is 0. The molecule has 0 saturated carbocycles. The first-order chi connectivity index (χ1) is 15.2. The molecule has 1 amide bonds. The number of carbonyl (C=O) groups excluding carboxylic acids is 2. The molecule has 160 valence electrons. The molecule has 3 rings (SSSR count). The highest BCUT2D eigenvalue weighted by atomic mass is 16.4. The average Bonchev–Trinajstić information content (AvgIpc) is 2.78. The maximum absolute atomic E-state index is 13.2. The lowest BCUT2D eigenvalue weighted by Gasteiger charge is -2.14. The molecule has 0 spiro atoms. The molecule has 0 bridgehead atoms. The molecule has 3 aromatic carbocycles. The van der Waals surface area contributed by atoms with Crippen LogP contribution in [0.25, 0.3) is 17.2 Å². The van der Waals surface area contributed by atoms with Crippen molar-refractivity contribution >= 4 is 35.1 Å². The Balaban J connectivity index is 2.09. The SMILES string of the molecule is C=Cc1ccc(-c2ccc(C(C)=O)cc2C(=O)O)c(C(=O)Nc2ccc(C(C)=N)cc2)c1. The van der Waals surface area contributed by atoms with Crippen molar-refractivity contribution in [2.45, 2.75) is 13.8 Å². The fraction of sp³-hybridized carbons (Fsp3) is 0.0769. The van der Waals surface area contributed by atoms with Crippen molar-refractivity contribution in [3.8, 4) is 11.1 Å². The number of nitrogens with one attached hydrogen (secondary N) is 2. The highest BCUT2D eigenvalue weighted by molar-refractivity contribution is 6.11. The normalized spacial score (nSPS) is 10.3. The highest BCUT2D eigenvalue weighted by Crippen LogP contribution is 2.30. The molecular formula is C26H22N2O4. The zero-order valence-electron chi connectivity index (χ0n) is 17.7. The Labute approximate surface area is 185 Å². The first-order valence-corrected chi connectivity index (χ1v) is 9.83. The maximum atomic E-state index is 13.2. The molecule has 0 aromatic heterocycles. The molecule has 0 fully saturated rings. The number of hydrogen-bond donors (Lipinski definition) is 3. The van der Waals surface area contributed by atoms with Gasteiger partial charge in [0.2, 0.25) is 0 Å². The minimum absolute atomic E-state index is 0.0658. The van der Waals surface area contributed by atoms with Crippen LogP contribution in [0.4, 0.5) is 5.69 Å². The lowest BCUT2D eigenvalue weighted by Crippen LogP contribution is -2.14. The molecule has 0 aliphatic heterocycles. The van der Waals surface area contributed by atoms with Crippen molar-refractivity contribution in [1.82, 2.24) is 0 Å². The van der Waals surface area contributed by atoms with Gasteiger partial charge in [0.05, 0.1) is 5.56 Å². The van der Waals surface area contributed by atoms with Gasteiger partial charge in [-0.15, -0.1) is 0 Å². The Bertz CT molecular complexity index is 1260. The molecule has 0 aliphatic rings. The number of aromatic carboxylic acids is 1. The van der Waals surface area contributed by atoms with E-state index >= 15 is 0 Å². The van der Waals surface area contributed by atoms with Crippen LogP contribution in [0.15, 0.2) is 67.2 Å². The summed E-state index contributed by atoms with van der Waals surface area (Å²) in [5.41, 5.74) is 3.64. The standard InChI is InChI=1S/C26H22N2O4/c1-4-17-5-11-21(22-12-8-19(16(3)29)14-24(22)26(31)32)23(13-17)25(30)28-20-9-6-18(7-10-20)15(2)27/h4-14,27H,1H2,2-3H3,(H,28,30)(H,31,32). The molecule has 32 heavy (non-hydrogen) atoms. The molecular weight excluding hydrogens is 404 g/mol. The Morgan fingerprint density at radius 2 is 1.47 bits per heavy atom. The number of rotatable bonds is 7. The van der Waals surface area contributed by atoms with Gasteiger partial charge in [-0.3, -0.25) is 9.59 Å². The number of anilines is 1. The first-order valence-electron chi connectivity index (χ1n) is 9.83. The van der Waals surface area contributed by atoms with E-state index in [9.17, 15) is 19.5 Å². The Morgan fingerprint density at radius 3 is 2.03 bits per heavy atom. The van der Waals surface area contributed by atoms with Crippen LogP contribution in [-0.2, 0) is 0 Å². The van der Waals surface area contributed by atoms with E-state index in [1.165, 1.54) is 13.0 Å². The van der Waals surface area contributed by atoms with Crippen LogP contribution < -0.4 is 5.32 Å². The van der Waals surface area contributed by atoms with Crippen LogP contribution in [0, 0.1) is 5.41 Å². The Hall–Kier alpha value is -4.32. The first kappa shape index (κ1) is 22.4. The topological polar surface area (TPSA) is 107 Å². The number of ketones is 1. The number of benzene rings is 3. The van der Waals surface area contributed by atoms with Gasteiger partial charge >= 0.3 is 5.97 Å². The summed E-state index contributed by atoms with van der Waals surface area (Å²) in [6.45, 7) is 6.78. The van der Waals surface area contributed by atoms with Crippen LogP contribution in [0.2, 0.25) is 0 Å². The van der Waals surface area contributed by atoms with Crippen LogP contribution in [0.1, 0.15) is 56.0 Å². The summed E-state index contributed by atoms with van der Waals surface area (Å²) in [6.07, 6.45) is 1.60. The van der Waals surface area contributed by atoms with E-state index in [0.717, 1.165) is 5.56 Å². The summed E-state index contributed by atoms with van der Waals surface area (Å²) in [5.74, 6) is -1.86. The smallest absolute Gasteiger partial charge is 0.336 e. The van der Waals surface area contributed by atoms with Crippen molar-refractivity contribution in [2.24, 2.45) is 0 Å². The van der Waals surface area contributed by atoms with E-state index in [4.69, 9.17) is 5.41 Å². The second kappa shape index (κ2) is 9.22. The van der Waals surface area contributed by atoms with Crippen molar-refractivity contribution < 1.29 is 19.5 Å². The van der Waals surface area contributed by atoms with Gasteiger partial charge < -0.3 is 15.8 Å². The highest BCUT2D eigenvalue weighted by Gasteiger charge is 2.20. The van der Waals surface area contributed by atoms with E-state index in [1.807, 2.05) is 0 Å². The predicted octanol–water partition coefficient (Wildman–Crippen LogP) is 5.54. The second-order valence-corrected chi connectivity index (χ2v) is 7.29. The molecule has 0 heterocycles. The molecule has 0 unspecified atom stereocenters. The quantitative estimate of drug-likeness (QED) is 0.341. The minimum Gasteiger partial charge on any atom is -0.478 e. The summed E-state index contributed by atoms with van der Waals surface area (Å²) >= 11 is 0. The number of amides is 1. The third kappa shape index (κ3) is 4.70. The number of Topliss-reactive ketones (excluding diaryl/α,β-unsaturated/α-hetero) is 1. The Kier molecular flexibility index (Phi) is 6.45. The van der Waals surface area contributed by atoms with Crippen LogP contribution >= 0.6 is 0 Å². The van der Waals surface area contributed by atoms with Crippen molar-refractivity contribution in [2.75, 3.05) is 5.32 Å². The van der Waals surface area contributed by atoms with E-state index in [0.29, 0.717) is 28.1 Å². The van der Waals surface area contributed by atoms with Gasteiger partial charge in [-0.2, -0.15) is 0 Å². The monoisotopic (exact) mass is 426 g/mol. The van der Waals surface area contributed by atoms with E-state index in [1.54, 1.807) is 67.6 Å². The zero-order valence-corrected chi connectivity index (χ0v) is 17.7. The van der Waals surface area contributed by atoms with Crippen molar-refractivity contribution in [1.29, 1.82) is 5.41 Å². The van der Waals surface area contributed by atoms with Crippen LogP contribution in [-0.4, -0.2) is 28.5 Å². The van der Waals surface area contributed by atoms with Gasteiger partial charge in [0, 0.05) is 22.5 Å². The van der Waals surface area contributed by atoms with E-state index in [2.05, 4.69) is 11.9 Å². The van der Waals surface area contributed by atoms with E-state index in [-0.39, 0.29) is 22.5 Å². The van der Waals surface area contributed by atoms with Gasteiger partial charge in [-0.05, 0) is 60.4 Å². The molecule has 6 heteroatoms. The van der Waals surface area contributed by atoms with Crippen LogP contribution in [0.3, 0.4) is 0 Å². The lowest BCUT2D eigenvalue weighted by atomic mass is 9.91. The molecule has 3 N–H and O–H groups in total. The minimum atomic E-state index is -1.19. The zero-order chi connectivity index (χ0) is 23.4. The number of carboxylic acids is 1. The average molecular weight is 426 g/mol. The molecule has 0 atom stereocenters. The number of carbonyl (C=O) groups is 3. The summed E-state index contributed by atoms with van der Waals surface area (Å²) in [6, 6.07) is 16.3. The summed E-state index contributed by atoms with van der Waals surface area (Å²) in [5, 5.41) is 20.2. The van der Waals surface area contributed by atoms with Gasteiger partial charge in [0.1, 0.15) is 0 Å². The number of hydrogen-bond acceptors (Lipinski definition) is 4. The Morgan fingerprint density at radius 1 is 0.875 bits per heavy atom. The maximum Gasteiger partial charge on any atom is 0.336 e. The van der Waals surface area contributed by atoms with Gasteiger partial charge in [-0.1, -0.05) is 49.1 Å². The van der Waals surface area contributed by atoms with Crippen molar-refractivity contribution in [3.63, 3.8) is 0 Å². The fourth-order valence-electron chi connectivity index (χ4n) is 3.29. The lowest BCUT2D eigenvalue weighted by molar-refractivity contribution is 0.0697. The van der Waals surface area contributed by atoms with Gasteiger partial charge in [-0.25, -0.2) is 4.79 Å². The van der Waals surface area contributed by atoms with Crippen LogP contribution in [0.5, 0.6) is 0 Å². The number of carboxylic acid groups (broad SMARTS) is 1. The molecule has 3 aromatic rings. The molecule has 0 radical (unpaired) electrons. The summed E-state index contributed by atoms with van der Waals surface area (Å²) in [7, 11) is 0. The molecule has 0 saturated heterocycles. The van der Waals surface area contributed by atoms with Crippen molar-refractivity contribution in [3.05, 3.63) is 95.1 Å². The molecule has 0 aliphatic carbocycles.